The van der Waals surface area contributed by atoms with E-state index in [9.17, 15) is 9.59 Å². The summed E-state index contributed by atoms with van der Waals surface area (Å²) in [5.41, 5.74) is 0. The fourth-order valence-electron chi connectivity index (χ4n) is 2.68. The summed E-state index contributed by atoms with van der Waals surface area (Å²) in [6.07, 6.45) is 4.27. The Bertz CT molecular complexity index is 480. The molecule has 5 nitrogen and oxygen atoms in total. The van der Waals surface area contributed by atoms with Crippen molar-refractivity contribution in [3.63, 3.8) is 0 Å². The molecule has 0 bridgehead atoms. The molecule has 2 heterocycles. The first-order chi connectivity index (χ1) is 9.61. The summed E-state index contributed by atoms with van der Waals surface area (Å²) in [6.45, 7) is 2.66. The van der Waals surface area contributed by atoms with Crippen LogP contribution in [-0.4, -0.2) is 34.5 Å². The van der Waals surface area contributed by atoms with Gasteiger partial charge in [0.15, 0.2) is 5.76 Å². The molecule has 2 rings (SSSR count). The lowest BCUT2D eigenvalue weighted by Gasteiger charge is -2.35. The van der Waals surface area contributed by atoms with Gasteiger partial charge < -0.3 is 14.4 Å². The van der Waals surface area contributed by atoms with E-state index >= 15 is 0 Å². The summed E-state index contributed by atoms with van der Waals surface area (Å²) in [4.78, 5) is 25.0. The van der Waals surface area contributed by atoms with Gasteiger partial charge in [0.2, 0.25) is 0 Å². The molecule has 0 saturated carbocycles. The topological polar surface area (TPSA) is 70.8 Å². The predicted molar refractivity (Wildman–Crippen MR) is 73.6 cm³/mol. The summed E-state index contributed by atoms with van der Waals surface area (Å²) in [6, 6.07) is 3.55. The quantitative estimate of drug-likeness (QED) is 0.899. The molecule has 0 aromatic carbocycles. The number of carbonyl (C=O) groups excluding carboxylic acids is 1. The number of likely N-dealkylation sites (tertiary alicyclic amines) is 1. The van der Waals surface area contributed by atoms with Crippen molar-refractivity contribution >= 4 is 11.9 Å². The second-order valence-electron chi connectivity index (χ2n) is 5.20. The van der Waals surface area contributed by atoms with E-state index in [1.54, 1.807) is 11.0 Å². The van der Waals surface area contributed by atoms with Gasteiger partial charge in [-0.15, -0.1) is 0 Å². The van der Waals surface area contributed by atoms with Gasteiger partial charge in [0, 0.05) is 25.4 Å². The molecule has 1 aliphatic rings. The minimum atomic E-state index is -0.811. The third kappa shape index (κ3) is 3.40. The average Bonchev–Trinajstić information content (AvgIpc) is 2.93. The Hall–Kier alpha value is -1.78. The maximum Gasteiger partial charge on any atom is 0.303 e. The Morgan fingerprint density at radius 2 is 2.20 bits per heavy atom. The van der Waals surface area contributed by atoms with Gasteiger partial charge in [-0.3, -0.25) is 9.59 Å². The molecule has 0 aliphatic carbocycles. The van der Waals surface area contributed by atoms with Crippen LogP contribution in [0.1, 0.15) is 55.3 Å². The number of rotatable bonds is 5. The maximum absolute atomic E-state index is 12.5. The van der Waals surface area contributed by atoms with Crippen molar-refractivity contribution < 1.29 is 19.1 Å². The third-order valence-corrected chi connectivity index (χ3v) is 3.80. The maximum atomic E-state index is 12.5. The van der Waals surface area contributed by atoms with Crippen molar-refractivity contribution in [2.45, 2.75) is 51.5 Å². The molecule has 1 unspecified atom stereocenters. The molecule has 1 saturated heterocycles. The first-order valence-corrected chi connectivity index (χ1v) is 7.23. The van der Waals surface area contributed by atoms with Crippen LogP contribution in [0.5, 0.6) is 0 Å². The largest absolute Gasteiger partial charge is 0.481 e. The molecule has 0 radical (unpaired) electrons. The van der Waals surface area contributed by atoms with E-state index in [1.807, 2.05) is 13.0 Å². The molecule has 1 fully saturated rings. The van der Waals surface area contributed by atoms with Gasteiger partial charge >= 0.3 is 5.97 Å². The van der Waals surface area contributed by atoms with Gasteiger partial charge in [0.05, 0.1) is 0 Å². The van der Waals surface area contributed by atoms with Gasteiger partial charge in [0.25, 0.3) is 5.91 Å². The Labute approximate surface area is 118 Å². The highest BCUT2D eigenvalue weighted by Gasteiger charge is 2.29. The van der Waals surface area contributed by atoms with E-state index < -0.39 is 5.97 Å². The number of carboxylic acid groups (broad SMARTS) is 1. The smallest absolute Gasteiger partial charge is 0.303 e. The van der Waals surface area contributed by atoms with Crippen molar-refractivity contribution in [2.75, 3.05) is 6.54 Å². The Balaban J connectivity index is 2.06. The number of furan rings is 1. The molecule has 1 aromatic rings. The summed E-state index contributed by atoms with van der Waals surface area (Å²) >= 11 is 0. The number of hydrogen-bond acceptors (Lipinski definition) is 3. The highest BCUT2D eigenvalue weighted by atomic mass is 16.4. The zero-order chi connectivity index (χ0) is 14.5. The first-order valence-electron chi connectivity index (χ1n) is 7.23. The van der Waals surface area contributed by atoms with Crippen LogP contribution in [0.4, 0.5) is 0 Å². The van der Waals surface area contributed by atoms with Gasteiger partial charge in [-0.05, 0) is 37.8 Å². The summed E-state index contributed by atoms with van der Waals surface area (Å²) in [5.74, 6) is 0.241. The molecule has 0 spiro atoms. The van der Waals surface area contributed by atoms with E-state index in [2.05, 4.69) is 0 Å². The van der Waals surface area contributed by atoms with Gasteiger partial charge in [0.1, 0.15) is 5.76 Å². The van der Waals surface area contributed by atoms with Gasteiger partial charge in [-0.2, -0.15) is 0 Å². The molecular weight excluding hydrogens is 258 g/mol. The standard InChI is InChI=1S/C15H21NO4/c1-2-12-7-8-13(20-12)15(19)16-10-4-3-5-11(16)6-9-14(17)18/h7-8,11H,2-6,9-10H2,1H3,(H,17,18). The van der Waals surface area contributed by atoms with Gasteiger partial charge in [-0.25, -0.2) is 0 Å². The van der Waals surface area contributed by atoms with Crippen LogP contribution < -0.4 is 0 Å². The summed E-state index contributed by atoms with van der Waals surface area (Å²) < 4.78 is 5.51. The van der Waals surface area contributed by atoms with Crippen molar-refractivity contribution in [2.24, 2.45) is 0 Å². The summed E-state index contributed by atoms with van der Waals surface area (Å²) in [5, 5.41) is 8.80. The molecule has 1 N–H and O–H groups in total. The van der Waals surface area contributed by atoms with Crippen molar-refractivity contribution in [3.8, 4) is 0 Å². The van der Waals surface area contributed by atoms with Crippen molar-refractivity contribution in [1.29, 1.82) is 0 Å². The van der Waals surface area contributed by atoms with Crippen LogP contribution >= 0.6 is 0 Å². The van der Waals surface area contributed by atoms with Crippen LogP contribution in [0.15, 0.2) is 16.5 Å². The number of aliphatic carboxylic acids is 1. The average molecular weight is 279 g/mol. The molecule has 1 atom stereocenters. The molecule has 110 valence electrons. The molecule has 1 amide bonds. The van der Waals surface area contributed by atoms with E-state index in [0.717, 1.165) is 31.4 Å². The number of carboxylic acids is 1. The van der Waals surface area contributed by atoms with E-state index in [0.29, 0.717) is 18.7 Å². The van der Waals surface area contributed by atoms with Gasteiger partial charge in [-0.1, -0.05) is 6.92 Å². The number of carbonyl (C=O) groups is 2. The lowest BCUT2D eigenvalue weighted by Crippen LogP contribution is -2.43. The van der Waals surface area contributed by atoms with Crippen LogP contribution in [0, 0.1) is 0 Å². The Morgan fingerprint density at radius 3 is 2.85 bits per heavy atom. The molecule has 1 aromatic heterocycles. The Morgan fingerprint density at radius 1 is 1.40 bits per heavy atom. The third-order valence-electron chi connectivity index (χ3n) is 3.80. The molecule has 5 heteroatoms. The molecule has 20 heavy (non-hydrogen) atoms. The van der Waals surface area contributed by atoms with E-state index in [-0.39, 0.29) is 18.4 Å². The first kappa shape index (κ1) is 14.6. The van der Waals surface area contributed by atoms with E-state index in [4.69, 9.17) is 9.52 Å². The number of piperidine rings is 1. The Kier molecular flexibility index (Phi) is 4.82. The number of nitrogens with zero attached hydrogens (tertiary/aromatic N) is 1. The SMILES string of the molecule is CCc1ccc(C(=O)N2CCCCC2CCC(=O)O)o1. The van der Waals surface area contributed by atoms with Crippen LogP contribution in [0.25, 0.3) is 0 Å². The highest BCUT2D eigenvalue weighted by Crippen LogP contribution is 2.23. The van der Waals surface area contributed by atoms with Crippen molar-refractivity contribution in [3.05, 3.63) is 23.7 Å². The molecular formula is C15H21NO4. The molecule has 1 aliphatic heterocycles. The van der Waals surface area contributed by atoms with Crippen molar-refractivity contribution in [1.82, 2.24) is 4.90 Å². The number of amides is 1. The highest BCUT2D eigenvalue weighted by molar-refractivity contribution is 5.91. The summed E-state index contributed by atoms with van der Waals surface area (Å²) in [7, 11) is 0. The zero-order valence-corrected chi connectivity index (χ0v) is 11.8. The fraction of sp³-hybridized carbons (Fsp3) is 0.600. The number of hydrogen-bond donors (Lipinski definition) is 1. The lowest BCUT2D eigenvalue weighted by atomic mass is 9.97. The monoisotopic (exact) mass is 279 g/mol. The van der Waals surface area contributed by atoms with E-state index in [1.165, 1.54) is 0 Å². The lowest BCUT2D eigenvalue weighted by molar-refractivity contribution is -0.137. The van der Waals surface area contributed by atoms with Crippen LogP contribution in [-0.2, 0) is 11.2 Å². The minimum absolute atomic E-state index is 0.0162. The fourth-order valence-corrected chi connectivity index (χ4v) is 2.68. The van der Waals surface area contributed by atoms with Crippen LogP contribution in [0.2, 0.25) is 0 Å². The van der Waals surface area contributed by atoms with Crippen LogP contribution in [0.3, 0.4) is 0 Å². The minimum Gasteiger partial charge on any atom is -0.481 e. The number of aryl methyl sites for hydroxylation is 1. The second-order valence-corrected chi connectivity index (χ2v) is 5.20. The predicted octanol–water partition coefficient (Wildman–Crippen LogP) is 2.70. The second kappa shape index (κ2) is 6.59. The zero-order valence-electron chi connectivity index (χ0n) is 11.8. The normalized spacial score (nSPS) is 19.1.